The van der Waals surface area contributed by atoms with Gasteiger partial charge in [0, 0.05) is 47.0 Å². The molecule has 35 heavy (non-hydrogen) atoms. The quantitative estimate of drug-likeness (QED) is 0.375. The second-order valence-corrected chi connectivity index (χ2v) is 10.0. The van der Waals surface area contributed by atoms with E-state index in [2.05, 4.69) is 22.3 Å². The number of piperidine rings is 1. The molecule has 1 aliphatic heterocycles. The van der Waals surface area contributed by atoms with Crippen LogP contribution in [0.2, 0.25) is 5.02 Å². The van der Waals surface area contributed by atoms with Gasteiger partial charge < -0.3 is 10.2 Å². The van der Waals surface area contributed by atoms with E-state index in [0.717, 1.165) is 76.7 Å². The van der Waals surface area contributed by atoms with Gasteiger partial charge in [-0.15, -0.1) is 0 Å². The second-order valence-electron chi connectivity index (χ2n) is 9.59. The molecule has 0 radical (unpaired) electrons. The number of fused-ring (bicyclic) bond motifs is 1. The molecule has 1 aliphatic rings. The Morgan fingerprint density at radius 3 is 2.29 bits per heavy atom. The van der Waals surface area contributed by atoms with Crippen LogP contribution in [0.4, 0.5) is 11.5 Å². The monoisotopic (exact) mass is 487 g/mol. The Morgan fingerprint density at radius 1 is 0.971 bits per heavy atom. The molecule has 1 fully saturated rings. The summed E-state index contributed by atoms with van der Waals surface area (Å²) in [5.41, 5.74) is 7.96. The third-order valence-corrected chi connectivity index (χ3v) is 6.94. The molecule has 0 saturated carbocycles. The first-order valence-corrected chi connectivity index (χ1v) is 12.4. The van der Waals surface area contributed by atoms with Crippen molar-refractivity contribution < 1.29 is 4.79 Å². The maximum atomic E-state index is 13.0. The number of nitrogens with one attached hydrogen (secondary N) is 1. The normalized spacial score (nSPS) is 14.5. The smallest absolute Gasteiger partial charge is 0.227 e. The van der Waals surface area contributed by atoms with Gasteiger partial charge in [0.25, 0.3) is 0 Å². The Hall–Kier alpha value is -3.38. The topological polar surface area (TPSA) is 62.5 Å². The van der Waals surface area contributed by atoms with Crippen LogP contribution in [0.15, 0.2) is 48.5 Å². The number of halogens is 1. The number of benzene rings is 2. The lowest BCUT2D eigenvalue weighted by Gasteiger charge is -2.33. The fraction of sp³-hybridized carbons (Fsp3) is 0.321. The van der Waals surface area contributed by atoms with Gasteiger partial charge in [0.2, 0.25) is 5.91 Å². The molecular formula is C28H30ClN5O. The van der Waals surface area contributed by atoms with Gasteiger partial charge in [-0.1, -0.05) is 29.8 Å². The number of hydrogen-bond donors (Lipinski definition) is 1. The molecule has 0 aliphatic carbocycles. The zero-order chi connectivity index (χ0) is 24.7. The molecule has 180 valence electrons. The van der Waals surface area contributed by atoms with Crippen molar-refractivity contribution in [2.45, 2.75) is 40.5 Å². The molecule has 1 saturated heterocycles. The van der Waals surface area contributed by atoms with E-state index in [4.69, 9.17) is 21.7 Å². The van der Waals surface area contributed by atoms with E-state index in [0.29, 0.717) is 5.02 Å². The Balaban J connectivity index is 1.37. The standard InChI is InChI=1S/C28H30ClN5O/c1-17-13-18(2)15-24(14-17)31-28(35)22-9-11-33(12-10-22)25-16-19(3)30-27-26(20(4)32-34(25)27)21-5-7-23(29)8-6-21/h5-8,13-16,22H,9-12H2,1-4H3,(H,31,35). The number of aryl methyl sites for hydroxylation is 4. The van der Waals surface area contributed by atoms with Crippen LogP contribution in [0.3, 0.4) is 0 Å². The Bertz CT molecular complexity index is 1380. The number of aromatic nitrogens is 3. The van der Waals surface area contributed by atoms with E-state index in [1.54, 1.807) is 0 Å². The Morgan fingerprint density at radius 2 is 1.63 bits per heavy atom. The number of carbonyl (C=O) groups excluding carboxylic acids is 1. The van der Waals surface area contributed by atoms with Crippen molar-refractivity contribution in [2.24, 2.45) is 5.92 Å². The summed E-state index contributed by atoms with van der Waals surface area (Å²) in [4.78, 5) is 20.1. The first-order valence-electron chi connectivity index (χ1n) is 12.1. The minimum Gasteiger partial charge on any atom is -0.356 e. The number of carbonyl (C=O) groups is 1. The number of hydrogen-bond acceptors (Lipinski definition) is 4. The Kier molecular flexibility index (Phi) is 6.24. The van der Waals surface area contributed by atoms with E-state index in [1.165, 1.54) is 0 Å². The van der Waals surface area contributed by atoms with Gasteiger partial charge in [-0.25, -0.2) is 4.98 Å². The van der Waals surface area contributed by atoms with Crippen molar-refractivity contribution in [3.05, 3.63) is 76.1 Å². The van der Waals surface area contributed by atoms with E-state index in [1.807, 2.05) is 68.6 Å². The van der Waals surface area contributed by atoms with Gasteiger partial charge in [-0.2, -0.15) is 9.61 Å². The highest BCUT2D eigenvalue weighted by Gasteiger charge is 2.27. The van der Waals surface area contributed by atoms with Gasteiger partial charge >= 0.3 is 0 Å². The van der Waals surface area contributed by atoms with E-state index >= 15 is 0 Å². The molecule has 6 nitrogen and oxygen atoms in total. The fourth-order valence-electron chi connectivity index (χ4n) is 5.07. The van der Waals surface area contributed by atoms with Gasteiger partial charge in [-0.3, -0.25) is 4.79 Å². The maximum Gasteiger partial charge on any atom is 0.227 e. The van der Waals surface area contributed by atoms with Gasteiger partial charge in [-0.05, 0) is 81.5 Å². The predicted molar refractivity (Wildman–Crippen MR) is 142 cm³/mol. The molecule has 1 N–H and O–H groups in total. The lowest BCUT2D eigenvalue weighted by Crippen LogP contribution is -2.39. The summed E-state index contributed by atoms with van der Waals surface area (Å²) >= 11 is 6.10. The van der Waals surface area contributed by atoms with E-state index < -0.39 is 0 Å². The predicted octanol–water partition coefficient (Wildman–Crippen LogP) is 6.14. The van der Waals surface area contributed by atoms with Crippen molar-refractivity contribution in [1.82, 2.24) is 14.6 Å². The molecule has 3 heterocycles. The molecule has 4 aromatic rings. The zero-order valence-electron chi connectivity index (χ0n) is 20.6. The molecule has 0 spiro atoms. The molecular weight excluding hydrogens is 458 g/mol. The average Bonchev–Trinajstić information content (AvgIpc) is 3.14. The van der Waals surface area contributed by atoms with E-state index in [9.17, 15) is 4.79 Å². The van der Waals surface area contributed by atoms with Crippen LogP contribution in [0.25, 0.3) is 16.8 Å². The lowest BCUT2D eigenvalue weighted by atomic mass is 9.95. The van der Waals surface area contributed by atoms with Gasteiger partial charge in [0.05, 0.1) is 5.69 Å². The van der Waals surface area contributed by atoms with Crippen molar-refractivity contribution in [1.29, 1.82) is 0 Å². The minimum atomic E-state index is -0.00511. The zero-order valence-corrected chi connectivity index (χ0v) is 21.4. The van der Waals surface area contributed by atoms with Crippen LogP contribution >= 0.6 is 11.6 Å². The molecule has 0 bridgehead atoms. The highest BCUT2D eigenvalue weighted by atomic mass is 35.5. The number of anilines is 2. The van der Waals surface area contributed by atoms with Crippen molar-refractivity contribution >= 4 is 34.7 Å². The summed E-state index contributed by atoms with van der Waals surface area (Å²) < 4.78 is 1.95. The molecule has 2 aromatic carbocycles. The summed E-state index contributed by atoms with van der Waals surface area (Å²) in [6.07, 6.45) is 1.59. The first-order chi connectivity index (χ1) is 16.8. The largest absolute Gasteiger partial charge is 0.356 e. The maximum absolute atomic E-state index is 13.0. The van der Waals surface area contributed by atoms with Crippen LogP contribution in [0.5, 0.6) is 0 Å². The van der Waals surface area contributed by atoms with Crippen LogP contribution in [0, 0.1) is 33.6 Å². The second kappa shape index (κ2) is 9.34. The molecule has 2 aromatic heterocycles. The first kappa shape index (κ1) is 23.4. The van der Waals surface area contributed by atoms with Crippen LogP contribution in [0.1, 0.15) is 35.4 Å². The number of nitrogens with zero attached hydrogens (tertiary/aromatic N) is 4. The lowest BCUT2D eigenvalue weighted by molar-refractivity contribution is -0.120. The highest BCUT2D eigenvalue weighted by Crippen LogP contribution is 2.32. The molecule has 1 amide bonds. The summed E-state index contributed by atoms with van der Waals surface area (Å²) in [5, 5.41) is 8.69. The highest BCUT2D eigenvalue weighted by molar-refractivity contribution is 6.30. The van der Waals surface area contributed by atoms with Crippen LogP contribution in [-0.2, 0) is 4.79 Å². The van der Waals surface area contributed by atoms with Crippen molar-refractivity contribution in [3.8, 4) is 11.1 Å². The molecule has 7 heteroatoms. The van der Waals surface area contributed by atoms with Gasteiger partial charge in [0.15, 0.2) is 5.65 Å². The molecule has 5 rings (SSSR count). The third-order valence-electron chi connectivity index (χ3n) is 6.69. The SMILES string of the molecule is Cc1cc(C)cc(NC(=O)C2CCN(c3cc(C)nc4c(-c5ccc(Cl)cc5)c(C)nn34)CC2)c1. The number of rotatable bonds is 4. The van der Waals surface area contributed by atoms with Crippen LogP contribution < -0.4 is 10.2 Å². The summed E-state index contributed by atoms with van der Waals surface area (Å²) in [7, 11) is 0. The number of amides is 1. The molecule has 0 atom stereocenters. The van der Waals surface area contributed by atoms with Crippen LogP contribution in [-0.4, -0.2) is 33.6 Å². The van der Waals surface area contributed by atoms with Crippen molar-refractivity contribution in [3.63, 3.8) is 0 Å². The summed E-state index contributed by atoms with van der Waals surface area (Å²) in [5.74, 6) is 1.11. The average molecular weight is 488 g/mol. The van der Waals surface area contributed by atoms with Crippen molar-refractivity contribution in [2.75, 3.05) is 23.3 Å². The third kappa shape index (κ3) is 4.76. The summed E-state index contributed by atoms with van der Waals surface area (Å²) in [6.45, 7) is 9.71. The van der Waals surface area contributed by atoms with Gasteiger partial charge in [0.1, 0.15) is 5.82 Å². The Labute approximate surface area is 210 Å². The molecule has 0 unspecified atom stereocenters. The summed E-state index contributed by atoms with van der Waals surface area (Å²) in [6, 6.07) is 16.0. The van der Waals surface area contributed by atoms with E-state index in [-0.39, 0.29) is 11.8 Å². The minimum absolute atomic E-state index is 0.00511. The fourth-order valence-corrected chi connectivity index (χ4v) is 5.19.